The maximum atomic E-state index is 12.1. The van der Waals surface area contributed by atoms with Crippen LogP contribution in [0.2, 0.25) is 10.0 Å². The Morgan fingerprint density at radius 1 is 1.05 bits per heavy atom. The van der Waals surface area contributed by atoms with E-state index in [0.29, 0.717) is 15.6 Å². The first-order chi connectivity index (χ1) is 9.34. The average Bonchev–Trinajstić information content (AvgIpc) is 2.43. The number of rotatable bonds is 2. The summed E-state index contributed by atoms with van der Waals surface area (Å²) in [6.45, 7) is 0. The van der Waals surface area contributed by atoms with E-state index in [9.17, 15) is 14.4 Å². The number of hydrogen-bond donors (Lipinski definition) is 0. The highest BCUT2D eigenvalue weighted by atomic mass is 35.5. The molecule has 1 heterocycles. The van der Waals surface area contributed by atoms with Gasteiger partial charge in [-0.05, 0) is 18.1 Å². The molecule has 0 spiro atoms. The number of carbonyl (C=O) groups is 3. The minimum absolute atomic E-state index is 0.110. The Balaban J connectivity index is 2.32. The van der Waals surface area contributed by atoms with Gasteiger partial charge in [0.25, 0.3) is 0 Å². The van der Waals surface area contributed by atoms with E-state index in [1.807, 2.05) is 0 Å². The van der Waals surface area contributed by atoms with Gasteiger partial charge in [0.05, 0.1) is 10.0 Å². The summed E-state index contributed by atoms with van der Waals surface area (Å²) >= 11 is 12.0. The second kappa shape index (κ2) is 5.42. The average molecular weight is 315 g/mol. The summed E-state index contributed by atoms with van der Waals surface area (Å²) in [5, 5.41) is 0.676. The lowest BCUT2D eigenvalue weighted by Gasteiger charge is -2.32. The fraction of sp³-hybridized carbons (Fsp3) is 0.308. The van der Waals surface area contributed by atoms with Crippen molar-refractivity contribution in [2.24, 2.45) is 5.92 Å². The summed E-state index contributed by atoms with van der Waals surface area (Å²) in [5.41, 5.74) is 0.599. The van der Waals surface area contributed by atoms with Crippen LogP contribution in [0.5, 0.6) is 0 Å². The number of barbiturate groups is 1. The Labute approximate surface area is 126 Å². The molecule has 0 bridgehead atoms. The summed E-state index contributed by atoms with van der Waals surface area (Å²) < 4.78 is 0. The number of amides is 4. The highest BCUT2D eigenvalue weighted by molar-refractivity contribution is 6.42. The number of benzene rings is 1. The van der Waals surface area contributed by atoms with E-state index in [4.69, 9.17) is 23.2 Å². The molecule has 1 fully saturated rings. The molecule has 20 heavy (non-hydrogen) atoms. The highest BCUT2D eigenvalue weighted by Crippen LogP contribution is 2.29. The molecule has 0 N–H and O–H groups in total. The van der Waals surface area contributed by atoms with Crippen LogP contribution >= 0.6 is 23.2 Å². The lowest BCUT2D eigenvalue weighted by atomic mass is 9.95. The predicted octanol–water partition coefficient (Wildman–Crippen LogP) is 2.20. The summed E-state index contributed by atoms with van der Waals surface area (Å²) in [6.07, 6.45) is 0.110. The van der Waals surface area contributed by atoms with Gasteiger partial charge < -0.3 is 0 Å². The lowest BCUT2D eigenvalue weighted by Crippen LogP contribution is -2.57. The molecule has 0 saturated carbocycles. The van der Waals surface area contributed by atoms with Crippen molar-refractivity contribution in [1.82, 2.24) is 9.80 Å². The maximum absolute atomic E-state index is 12.1. The van der Waals surface area contributed by atoms with Crippen LogP contribution in [0.3, 0.4) is 0 Å². The molecule has 1 saturated heterocycles. The van der Waals surface area contributed by atoms with Gasteiger partial charge in [-0.3, -0.25) is 19.4 Å². The summed E-state index contributed by atoms with van der Waals surface area (Å²) in [6, 6.07) is 4.39. The van der Waals surface area contributed by atoms with Crippen molar-refractivity contribution >= 4 is 41.0 Å². The predicted molar refractivity (Wildman–Crippen MR) is 74.6 cm³/mol. The van der Waals surface area contributed by atoms with Gasteiger partial charge >= 0.3 is 6.03 Å². The van der Waals surface area contributed by atoms with Crippen LogP contribution in [-0.2, 0) is 16.0 Å². The molecule has 0 radical (unpaired) electrons. The number of carbonyl (C=O) groups excluding carboxylic acids is 3. The van der Waals surface area contributed by atoms with E-state index < -0.39 is 23.8 Å². The molecule has 1 aliphatic rings. The van der Waals surface area contributed by atoms with Crippen LogP contribution in [0.15, 0.2) is 18.2 Å². The molecule has 0 unspecified atom stereocenters. The third kappa shape index (κ3) is 2.39. The molecule has 1 aliphatic heterocycles. The standard InChI is InChI=1S/C13H12Cl2N2O3/c1-16-11(18)8(12(19)17(2)13(16)20)6-7-4-3-5-9(14)10(7)15/h3-5,8H,6H2,1-2H3. The summed E-state index contributed by atoms with van der Waals surface area (Å²) in [5.74, 6) is -2.03. The van der Waals surface area contributed by atoms with Crippen molar-refractivity contribution in [3.8, 4) is 0 Å². The number of halogens is 2. The largest absolute Gasteiger partial charge is 0.332 e. The van der Waals surface area contributed by atoms with E-state index in [-0.39, 0.29) is 6.42 Å². The molecule has 0 atom stereocenters. The van der Waals surface area contributed by atoms with Crippen LogP contribution in [-0.4, -0.2) is 41.7 Å². The van der Waals surface area contributed by atoms with Crippen molar-refractivity contribution in [3.05, 3.63) is 33.8 Å². The first-order valence-electron chi connectivity index (χ1n) is 5.86. The van der Waals surface area contributed by atoms with E-state index in [1.165, 1.54) is 14.1 Å². The Kier molecular flexibility index (Phi) is 4.01. The SMILES string of the molecule is CN1C(=O)C(Cc2cccc(Cl)c2Cl)C(=O)N(C)C1=O. The number of hydrogen-bond acceptors (Lipinski definition) is 3. The molecule has 2 rings (SSSR count). The Morgan fingerprint density at radius 3 is 2.15 bits per heavy atom. The number of nitrogens with zero attached hydrogens (tertiary/aromatic N) is 2. The minimum atomic E-state index is -0.960. The second-order valence-corrected chi connectivity index (χ2v) is 5.33. The van der Waals surface area contributed by atoms with Gasteiger partial charge in [0.1, 0.15) is 5.92 Å². The first kappa shape index (κ1) is 14.8. The smallest absolute Gasteiger partial charge is 0.273 e. The fourth-order valence-corrected chi connectivity index (χ4v) is 2.48. The van der Waals surface area contributed by atoms with Crippen molar-refractivity contribution < 1.29 is 14.4 Å². The van der Waals surface area contributed by atoms with Gasteiger partial charge in [0, 0.05) is 14.1 Å². The molecule has 7 heteroatoms. The van der Waals surface area contributed by atoms with E-state index >= 15 is 0 Å². The monoisotopic (exact) mass is 314 g/mol. The molecule has 4 amide bonds. The second-order valence-electron chi connectivity index (χ2n) is 4.55. The van der Waals surface area contributed by atoms with Crippen LogP contribution in [0, 0.1) is 5.92 Å². The third-order valence-electron chi connectivity index (χ3n) is 3.29. The van der Waals surface area contributed by atoms with Gasteiger partial charge in [-0.25, -0.2) is 4.79 Å². The van der Waals surface area contributed by atoms with Crippen molar-refractivity contribution in [3.63, 3.8) is 0 Å². The van der Waals surface area contributed by atoms with Crippen molar-refractivity contribution in [1.29, 1.82) is 0 Å². The van der Waals surface area contributed by atoms with E-state index in [1.54, 1.807) is 18.2 Å². The third-order valence-corrected chi connectivity index (χ3v) is 4.14. The Bertz CT molecular complexity index is 579. The van der Waals surface area contributed by atoms with Crippen LogP contribution in [0.1, 0.15) is 5.56 Å². The number of urea groups is 1. The molecular weight excluding hydrogens is 303 g/mol. The van der Waals surface area contributed by atoms with Crippen LogP contribution < -0.4 is 0 Å². The lowest BCUT2D eigenvalue weighted by molar-refractivity contribution is -0.147. The molecular formula is C13H12Cl2N2O3. The van der Waals surface area contributed by atoms with E-state index in [0.717, 1.165) is 9.80 Å². The molecule has 106 valence electrons. The van der Waals surface area contributed by atoms with Gasteiger partial charge in [0.2, 0.25) is 11.8 Å². The van der Waals surface area contributed by atoms with Crippen LogP contribution in [0.4, 0.5) is 4.79 Å². The van der Waals surface area contributed by atoms with Crippen LogP contribution in [0.25, 0.3) is 0 Å². The zero-order valence-electron chi connectivity index (χ0n) is 10.9. The summed E-state index contributed by atoms with van der Waals surface area (Å²) in [7, 11) is 2.69. The molecule has 0 aliphatic carbocycles. The quantitative estimate of drug-likeness (QED) is 0.786. The maximum Gasteiger partial charge on any atom is 0.332 e. The topological polar surface area (TPSA) is 57.7 Å². The van der Waals surface area contributed by atoms with Gasteiger partial charge in [0.15, 0.2) is 0 Å². The van der Waals surface area contributed by atoms with Gasteiger partial charge in [-0.15, -0.1) is 0 Å². The fourth-order valence-electron chi connectivity index (χ4n) is 2.09. The highest BCUT2D eigenvalue weighted by Gasteiger charge is 2.42. The van der Waals surface area contributed by atoms with Gasteiger partial charge in [-0.1, -0.05) is 35.3 Å². The molecule has 5 nitrogen and oxygen atoms in total. The zero-order chi connectivity index (χ0) is 15.0. The first-order valence-corrected chi connectivity index (χ1v) is 6.62. The Hall–Kier alpha value is -1.59. The van der Waals surface area contributed by atoms with Gasteiger partial charge in [-0.2, -0.15) is 0 Å². The normalized spacial score (nSPS) is 17.1. The molecule has 1 aromatic carbocycles. The van der Waals surface area contributed by atoms with Crippen molar-refractivity contribution in [2.75, 3.05) is 14.1 Å². The minimum Gasteiger partial charge on any atom is -0.273 e. The number of imide groups is 2. The molecule has 0 aromatic heterocycles. The van der Waals surface area contributed by atoms with E-state index in [2.05, 4.69) is 0 Å². The Morgan fingerprint density at radius 2 is 1.60 bits per heavy atom. The van der Waals surface area contributed by atoms with Crippen molar-refractivity contribution in [2.45, 2.75) is 6.42 Å². The molecule has 1 aromatic rings. The zero-order valence-corrected chi connectivity index (χ0v) is 12.4. The summed E-state index contributed by atoms with van der Waals surface area (Å²) in [4.78, 5) is 37.6.